The Kier molecular flexibility index (Phi) is 4.34. The second-order valence-corrected chi connectivity index (χ2v) is 12.1. The molecule has 0 aliphatic heterocycles. The van der Waals surface area contributed by atoms with E-state index in [4.69, 9.17) is 15.0 Å². The summed E-state index contributed by atoms with van der Waals surface area (Å²) in [6.07, 6.45) is 7.60. The summed E-state index contributed by atoms with van der Waals surface area (Å²) in [5.41, 5.74) is 4.09. The Morgan fingerprint density at radius 3 is 2.59 bits per heavy atom. The van der Waals surface area contributed by atoms with E-state index >= 15 is 0 Å². The number of hydrogen-bond acceptors (Lipinski definition) is 7. The van der Waals surface area contributed by atoms with Crippen molar-refractivity contribution in [1.82, 2.24) is 19.9 Å². The van der Waals surface area contributed by atoms with Crippen LogP contribution in [0.15, 0.2) is 12.3 Å². The summed E-state index contributed by atoms with van der Waals surface area (Å²) < 4.78 is 28.7. The Morgan fingerprint density at radius 2 is 1.88 bits per heavy atom. The molecule has 4 aliphatic rings. The number of anilines is 2. The zero-order valence-electron chi connectivity index (χ0n) is 19.4. The van der Waals surface area contributed by atoms with Gasteiger partial charge < -0.3 is 10.6 Å². The molecule has 0 radical (unpaired) electrons. The maximum absolute atomic E-state index is 13.8. The van der Waals surface area contributed by atoms with Gasteiger partial charge >= 0.3 is 0 Å². The second-order valence-electron chi connectivity index (χ2n) is 11.1. The SMILES string of the molecule is Cc1nc(NCC2(C)CC2)nc(NC2CC3[C@H](C2)C3(F)F)c1-c1nc2c(C3CC3)nccc2s1. The minimum atomic E-state index is -2.48. The van der Waals surface area contributed by atoms with Gasteiger partial charge in [-0.1, -0.05) is 6.92 Å². The van der Waals surface area contributed by atoms with E-state index in [-0.39, 0.29) is 6.04 Å². The maximum atomic E-state index is 13.8. The average molecular weight is 483 g/mol. The number of pyridine rings is 1. The first-order valence-corrected chi connectivity index (χ1v) is 13.1. The largest absolute Gasteiger partial charge is 0.367 e. The Hall–Kier alpha value is -2.42. The molecule has 2 N–H and O–H groups in total. The summed E-state index contributed by atoms with van der Waals surface area (Å²) >= 11 is 1.63. The van der Waals surface area contributed by atoms with Crippen LogP contribution in [0.4, 0.5) is 20.5 Å². The highest BCUT2D eigenvalue weighted by Gasteiger charge is 2.71. The van der Waals surface area contributed by atoms with Crippen molar-refractivity contribution >= 4 is 33.3 Å². The van der Waals surface area contributed by atoms with Crippen molar-refractivity contribution in [2.45, 2.75) is 70.3 Å². The van der Waals surface area contributed by atoms with Gasteiger partial charge in [-0.15, -0.1) is 11.3 Å². The van der Waals surface area contributed by atoms with Gasteiger partial charge in [-0.2, -0.15) is 4.98 Å². The van der Waals surface area contributed by atoms with Crippen LogP contribution in [0.1, 0.15) is 62.8 Å². The molecular formula is C25H28F2N6S. The van der Waals surface area contributed by atoms with Gasteiger partial charge in [0.1, 0.15) is 16.3 Å². The summed E-state index contributed by atoms with van der Waals surface area (Å²) in [6, 6.07) is 2.01. The van der Waals surface area contributed by atoms with E-state index in [1.54, 1.807) is 11.3 Å². The van der Waals surface area contributed by atoms with Crippen molar-refractivity contribution < 1.29 is 8.78 Å². The van der Waals surface area contributed by atoms with Crippen LogP contribution in [0.25, 0.3) is 20.8 Å². The van der Waals surface area contributed by atoms with E-state index < -0.39 is 17.8 Å². The fourth-order valence-electron chi connectivity index (χ4n) is 5.46. The highest BCUT2D eigenvalue weighted by Crippen LogP contribution is 2.64. The molecule has 0 spiro atoms. The molecule has 0 amide bonds. The predicted molar refractivity (Wildman–Crippen MR) is 130 cm³/mol. The smallest absolute Gasteiger partial charge is 0.254 e. The van der Waals surface area contributed by atoms with Gasteiger partial charge in [0.25, 0.3) is 5.92 Å². The number of fused-ring (bicyclic) bond motifs is 2. The van der Waals surface area contributed by atoms with Gasteiger partial charge in [0.15, 0.2) is 0 Å². The Balaban J connectivity index is 1.25. The van der Waals surface area contributed by atoms with Crippen molar-refractivity contribution in [3.05, 3.63) is 23.7 Å². The number of hydrogen-bond donors (Lipinski definition) is 2. The van der Waals surface area contributed by atoms with E-state index in [0.29, 0.717) is 35.9 Å². The third-order valence-corrected chi connectivity index (χ3v) is 9.20. The highest BCUT2D eigenvalue weighted by molar-refractivity contribution is 7.21. The molecule has 6 nitrogen and oxygen atoms in total. The molecule has 0 aromatic carbocycles. The molecule has 3 aromatic heterocycles. The van der Waals surface area contributed by atoms with Crippen molar-refractivity contribution in [3.8, 4) is 10.6 Å². The Labute approximate surface area is 201 Å². The lowest BCUT2D eigenvalue weighted by Gasteiger charge is -2.20. The van der Waals surface area contributed by atoms with Crippen LogP contribution in [0.3, 0.4) is 0 Å². The lowest BCUT2D eigenvalue weighted by atomic mass is 10.1. The van der Waals surface area contributed by atoms with Gasteiger partial charge in [0.2, 0.25) is 5.95 Å². The van der Waals surface area contributed by atoms with Crippen LogP contribution in [0, 0.1) is 24.2 Å². The van der Waals surface area contributed by atoms with Crippen LogP contribution < -0.4 is 10.6 Å². The lowest BCUT2D eigenvalue weighted by molar-refractivity contribution is 0.0710. The summed E-state index contributed by atoms with van der Waals surface area (Å²) in [6.45, 7) is 5.08. The normalized spacial score (nSPS) is 28.1. The molecule has 3 heterocycles. The number of thiazole rings is 1. The molecule has 4 saturated carbocycles. The Bertz CT molecular complexity index is 1280. The molecular weight excluding hydrogens is 454 g/mol. The van der Waals surface area contributed by atoms with Gasteiger partial charge in [-0.3, -0.25) is 4.98 Å². The number of halogens is 2. The molecule has 9 heteroatoms. The number of aromatic nitrogens is 4. The van der Waals surface area contributed by atoms with Gasteiger partial charge in [-0.05, 0) is 56.9 Å². The molecule has 0 saturated heterocycles. The third-order valence-electron chi connectivity index (χ3n) is 8.16. The summed E-state index contributed by atoms with van der Waals surface area (Å²) in [5.74, 6) is -1.65. The van der Waals surface area contributed by atoms with Crippen LogP contribution in [-0.2, 0) is 0 Å². The summed E-state index contributed by atoms with van der Waals surface area (Å²) in [7, 11) is 0. The minimum Gasteiger partial charge on any atom is -0.367 e. The fourth-order valence-corrected chi connectivity index (χ4v) is 6.52. The first-order valence-electron chi connectivity index (χ1n) is 12.3. The molecule has 178 valence electrons. The number of nitrogens with one attached hydrogen (secondary N) is 2. The lowest BCUT2D eigenvalue weighted by Crippen LogP contribution is -2.23. The van der Waals surface area contributed by atoms with Crippen molar-refractivity contribution in [1.29, 1.82) is 0 Å². The molecule has 7 rings (SSSR count). The first-order chi connectivity index (χ1) is 16.3. The molecule has 4 fully saturated rings. The topological polar surface area (TPSA) is 75.6 Å². The van der Waals surface area contributed by atoms with E-state index in [9.17, 15) is 8.78 Å². The minimum absolute atomic E-state index is 0.00505. The zero-order valence-corrected chi connectivity index (χ0v) is 20.2. The monoisotopic (exact) mass is 482 g/mol. The van der Waals surface area contributed by atoms with E-state index in [1.807, 2.05) is 19.2 Å². The van der Waals surface area contributed by atoms with Crippen LogP contribution in [0.2, 0.25) is 0 Å². The van der Waals surface area contributed by atoms with Gasteiger partial charge in [0, 0.05) is 36.5 Å². The molecule has 3 aromatic rings. The summed E-state index contributed by atoms with van der Waals surface area (Å²) in [4.78, 5) is 19.2. The van der Waals surface area contributed by atoms with Crippen LogP contribution >= 0.6 is 11.3 Å². The number of aryl methyl sites for hydroxylation is 1. The standard InChI is InChI=1S/C25H28F2N6S/c1-12-18(22-32-20-17(34-22)5-8-28-19(20)13-3-4-13)21(31-14-9-15-16(10-14)25(15,26)27)33-23(30-12)29-11-24(2)6-7-24/h5,8,13-16H,3-4,6-7,9-11H2,1-2H3,(H2,29,30,31,33)/t14?,15-,16?/m0/s1. The first kappa shape index (κ1) is 20.9. The fraction of sp³-hybridized carbons (Fsp3) is 0.600. The molecule has 34 heavy (non-hydrogen) atoms. The van der Waals surface area contributed by atoms with Crippen molar-refractivity contribution in [2.75, 3.05) is 17.2 Å². The predicted octanol–water partition coefficient (Wildman–Crippen LogP) is 6.00. The van der Waals surface area contributed by atoms with E-state index in [0.717, 1.165) is 38.7 Å². The molecule has 4 aliphatic carbocycles. The van der Waals surface area contributed by atoms with Crippen molar-refractivity contribution in [3.63, 3.8) is 0 Å². The van der Waals surface area contributed by atoms with E-state index in [2.05, 4.69) is 22.5 Å². The number of rotatable bonds is 7. The quantitative estimate of drug-likeness (QED) is 0.430. The number of nitrogens with zero attached hydrogens (tertiary/aromatic N) is 4. The Morgan fingerprint density at radius 1 is 1.12 bits per heavy atom. The summed E-state index contributed by atoms with van der Waals surface area (Å²) in [5, 5.41) is 7.79. The van der Waals surface area contributed by atoms with Crippen LogP contribution in [-0.4, -0.2) is 38.4 Å². The van der Waals surface area contributed by atoms with E-state index in [1.165, 1.54) is 25.7 Å². The molecule has 0 bridgehead atoms. The number of alkyl halides is 2. The van der Waals surface area contributed by atoms with Crippen molar-refractivity contribution in [2.24, 2.45) is 17.3 Å². The van der Waals surface area contributed by atoms with Crippen LogP contribution in [0.5, 0.6) is 0 Å². The third kappa shape index (κ3) is 3.46. The molecule has 3 atom stereocenters. The second kappa shape index (κ2) is 7.06. The zero-order chi connectivity index (χ0) is 23.2. The molecule has 2 unspecified atom stereocenters. The van der Waals surface area contributed by atoms with Gasteiger partial charge in [-0.25, -0.2) is 18.7 Å². The maximum Gasteiger partial charge on any atom is 0.254 e. The average Bonchev–Trinajstić information content (AvgIpc) is 3.74. The van der Waals surface area contributed by atoms with Gasteiger partial charge in [0.05, 0.1) is 21.7 Å². The highest BCUT2D eigenvalue weighted by atomic mass is 32.1.